The molecule has 0 radical (unpaired) electrons. The summed E-state index contributed by atoms with van der Waals surface area (Å²) in [5, 5.41) is 2.21. The molecule has 17 heavy (non-hydrogen) atoms. The molecular weight excluding hydrogens is 223 g/mol. The minimum Gasteiger partial charge on any atom is -0.290 e. The number of rotatable bonds is 1. The number of halogens is 1. The molecule has 1 aromatic carbocycles. The number of nitrogens with one attached hydrogen (secondary N) is 1. The molecule has 1 atom stereocenters. The molecule has 0 bridgehead atoms. The number of urea groups is 1. The van der Waals surface area contributed by atoms with Crippen molar-refractivity contribution >= 4 is 17.6 Å². The van der Waals surface area contributed by atoms with Gasteiger partial charge in [0.2, 0.25) is 5.91 Å². The molecule has 1 aromatic rings. The fourth-order valence-electron chi connectivity index (χ4n) is 1.77. The van der Waals surface area contributed by atoms with E-state index in [1.165, 1.54) is 11.0 Å². The van der Waals surface area contributed by atoms with Crippen molar-refractivity contribution in [1.82, 2.24) is 5.32 Å². The van der Waals surface area contributed by atoms with Crippen molar-refractivity contribution in [2.24, 2.45) is 5.92 Å². The summed E-state index contributed by atoms with van der Waals surface area (Å²) in [4.78, 5) is 24.2. The van der Waals surface area contributed by atoms with Crippen molar-refractivity contribution in [3.8, 4) is 0 Å². The van der Waals surface area contributed by atoms with Crippen LogP contribution in [0.2, 0.25) is 0 Å². The molecule has 0 saturated carbocycles. The Bertz CT molecular complexity index is 487. The Kier molecular flexibility index (Phi) is 2.83. The number of anilines is 1. The summed E-state index contributed by atoms with van der Waals surface area (Å²) in [7, 11) is 0. The highest BCUT2D eigenvalue weighted by Crippen LogP contribution is 2.23. The van der Waals surface area contributed by atoms with Crippen molar-refractivity contribution in [3.05, 3.63) is 29.6 Å². The molecule has 4 nitrogen and oxygen atoms in total. The molecule has 0 spiro atoms. The zero-order chi connectivity index (χ0) is 12.6. The van der Waals surface area contributed by atoms with Crippen molar-refractivity contribution in [2.45, 2.75) is 13.8 Å². The zero-order valence-corrected chi connectivity index (χ0v) is 9.66. The second-order valence-electron chi connectivity index (χ2n) is 4.26. The first-order chi connectivity index (χ1) is 7.99. The maximum absolute atomic E-state index is 13.6. The number of carbonyl (C=O) groups is 2. The van der Waals surface area contributed by atoms with Gasteiger partial charge in [-0.15, -0.1) is 0 Å². The minimum atomic E-state index is -0.572. The lowest BCUT2D eigenvalue weighted by molar-refractivity contribution is -0.123. The van der Waals surface area contributed by atoms with Crippen molar-refractivity contribution in [3.63, 3.8) is 0 Å². The molecule has 1 unspecified atom stereocenters. The van der Waals surface area contributed by atoms with E-state index in [0.717, 1.165) is 5.56 Å². The van der Waals surface area contributed by atoms with E-state index in [1.54, 1.807) is 19.1 Å². The maximum Gasteiger partial charge on any atom is 0.328 e. The van der Waals surface area contributed by atoms with Crippen LogP contribution in [0.25, 0.3) is 0 Å². The predicted molar refractivity (Wildman–Crippen MR) is 61.2 cm³/mol. The predicted octanol–water partition coefficient (Wildman–Crippen LogP) is 1.83. The Hall–Kier alpha value is -1.91. The summed E-state index contributed by atoms with van der Waals surface area (Å²) in [5.41, 5.74) is 1.07. The highest BCUT2D eigenvalue weighted by Gasteiger charge is 2.31. The second-order valence-corrected chi connectivity index (χ2v) is 4.26. The van der Waals surface area contributed by atoms with Crippen LogP contribution in [0, 0.1) is 18.7 Å². The van der Waals surface area contributed by atoms with E-state index in [4.69, 9.17) is 0 Å². The van der Waals surface area contributed by atoms with Gasteiger partial charge in [-0.3, -0.25) is 15.0 Å². The third-order valence-corrected chi connectivity index (χ3v) is 2.77. The molecule has 5 heteroatoms. The summed E-state index contributed by atoms with van der Waals surface area (Å²) in [5.74, 6) is -1.13. The highest BCUT2D eigenvalue weighted by molar-refractivity contribution is 6.06. The summed E-state index contributed by atoms with van der Waals surface area (Å²) in [6.07, 6.45) is 0. The van der Waals surface area contributed by atoms with Gasteiger partial charge in [0.25, 0.3) is 0 Å². The van der Waals surface area contributed by atoms with E-state index in [-0.39, 0.29) is 24.1 Å². The number of aryl methyl sites for hydroxylation is 1. The van der Waals surface area contributed by atoms with E-state index in [9.17, 15) is 14.0 Å². The van der Waals surface area contributed by atoms with E-state index < -0.39 is 11.8 Å². The van der Waals surface area contributed by atoms with Crippen LogP contribution in [0.5, 0.6) is 0 Å². The lowest BCUT2D eigenvalue weighted by atomic mass is 10.1. The largest absolute Gasteiger partial charge is 0.328 e. The average Bonchev–Trinajstić information content (AvgIpc) is 2.27. The molecule has 1 aliphatic rings. The molecule has 0 aromatic heterocycles. The van der Waals surface area contributed by atoms with Crippen LogP contribution >= 0.6 is 0 Å². The van der Waals surface area contributed by atoms with Gasteiger partial charge in [0, 0.05) is 6.54 Å². The summed E-state index contributed by atoms with van der Waals surface area (Å²) < 4.78 is 13.6. The zero-order valence-electron chi connectivity index (χ0n) is 9.66. The van der Waals surface area contributed by atoms with Crippen LogP contribution in [-0.4, -0.2) is 18.5 Å². The fraction of sp³-hybridized carbons (Fsp3) is 0.333. The Morgan fingerprint density at radius 2 is 2.12 bits per heavy atom. The number of imide groups is 1. The number of nitrogens with zero attached hydrogens (tertiary/aromatic N) is 1. The third-order valence-electron chi connectivity index (χ3n) is 2.77. The normalized spacial score (nSPS) is 20.4. The van der Waals surface area contributed by atoms with Crippen LogP contribution in [0.3, 0.4) is 0 Å². The van der Waals surface area contributed by atoms with Crippen molar-refractivity contribution in [2.75, 3.05) is 11.4 Å². The Balaban J connectivity index is 2.36. The Labute approximate surface area is 98.4 Å². The molecule has 1 aliphatic heterocycles. The van der Waals surface area contributed by atoms with Gasteiger partial charge in [-0.25, -0.2) is 9.18 Å². The summed E-state index contributed by atoms with van der Waals surface area (Å²) >= 11 is 0. The van der Waals surface area contributed by atoms with Gasteiger partial charge in [-0.2, -0.15) is 0 Å². The SMILES string of the molecule is Cc1ccc(F)c(N2CC(C)C(=O)NC2=O)c1. The monoisotopic (exact) mass is 236 g/mol. The fourth-order valence-corrected chi connectivity index (χ4v) is 1.77. The van der Waals surface area contributed by atoms with Crippen LogP contribution in [0.1, 0.15) is 12.5 Å². The molecule has 1 heterocycles. The Morgan fingerprint density at radius 1 is 1.41 bits per heavy atom. The summed E-state index contributed by atoms with van der Waals surface area (Å²) in [6, 6.07) is 3.98. The first kappa shape index (κ1) is 11.6. The molecule has 3 amide bonds. The first-order valence-electron chi connectivity index (χ1n) is 5.37. The smallest absolute Gasteiger partial charge is 0.290 e. The molecule has 0 aliphatic carbocycles. The average molecular weight is 236 g/mol. The van der Waals surface area contributed by atoms with Gasteiger partial charge in [-0.1, -0.05) is 13.0 Å². The van der Waals surface area contributed by atoms with Crippen molar-refractivity contribution < 1.29 is 14.0 Å². The quantitative estimate of drug-likeness (QED) is 0.808. The van der Waals surface area contributed by atoms with E-state index in [1.807, 2.05) is 6.92 Å². The van der Waals surface area contributed by atoms with E-state index in [2.05, 4.69) is 5.32 Å². The van der Waals surface area contributed by atoms with Crippen LogP contribution in [0.4, 0.5) is 14.9 Å². The van der Waals surface area contributed by atoms with Gasteiger partial charge < -0.3 is 0 Å². The van der Waals surface area contributed by atoms with Crippen LogP contribution in [-0.2, 0) is 4.79 Å². The van der Waals surface area contributed by atoms with Gasteiger partial charge in [-0.05, 0) is 24.6 Å². The highest BCUT2D eigenvalue weighted by atomic mass is 19.1. The lowest BCUT2D eigenvalue weighted by Crippen LogP contribution is -2.54. The number of benzene rings is 1. The number of hydrogen-bond acceptors (Lipinski definition) is 2. The molecular formula is C12H13FN2O2. The third kappa shape index (κ3) is 2.13. The molecule has 1 saturated heterocycles. The Morgan fingerprint density at radius 3 is 2.82 bits per heavy atom. The van der Waals surface area contributed by atoms with E-state index >= 15 is 0 Å². The molecule has 1 fully saturated rings. The molecule has 1 N–H and O–H groups in total. The van der Waals surface area contributed by atoms with E-state index in [0.29, 0.717) is 0 Å². The molecule has 2 rings (SSSR count). The van der Waals surface area contributed by atoms with Crippen LogP contribution in [0.15, 0.2) is 18.2 Å². The number of hydrogen-bond donors (Lipinski definition) is 1. The standard InChI is InChI=1S/C12H13FN2O2/c1-7-3-4-9(13)10(5-7)15-6-8(2)11(16)14-12(15)17/h3-5,8H,6H2,1-2H3,(H,14,16,17). The minimum absolute atomic E-state index is 0.199. The van der Waals surface area contributed by atoms with Crippen LogP contribution < -0.4 is 10.2 Å². The second kappa shape index (κ2) is 4.16. The first-order valence-corrected chi connectivity index (χ1v) is 5.37. The van der Waals surface area contributed by atoms with Crippen molar-refractivity contribution in [1.29, 1.82) is 0 Å². The van der Waals surface area contributed by atoms with Gasteiger partial charge >= 0.3 is 6.03 Å². The van der Waals surface area contributed by atoms with Gasteiger partial charge in [0.05, 0.1) is 11.6 Å². The number of carbonyl (C=O) groups excluding carboxylic acids is 2. The molecule has 90 valence electrons. The summed E-state index contributed by atoms with van der Waals surface area (Å²) in [6.45, 7) is 3.72. The lowest BCUT2D eigenvalue weighted by Gasteiger charge is -2.30. The van der Waals surface area contributed by atoms with Gasteiger partial charge in [0.1, 0.15) is 5.82 Å². The van der Waals surface area contributed by atoms with Gasteiger partial charge in [0.15, 0.2) is 0 Å². The maximum atomic E-state index is 13.6. The number of amides is 3. The topological polar surface area (TPSA) is 49.4 Å².